The second-order valence-corrected chi connectivity index (χ2v) is 4.75. The maximum atomic E-state index is 4.47. The zero-order valence-electron chi connectivity index (χ0n) is 9.48. The van der Waals surface area contributed by atoms with Crippen LogP contribution >= 0.6 is 15.9 Å². The molecule has 0 saturated heterocycles. The van der Waals surface area contributed by atoms with Gasteiger partial charge in [-0.25, -0.2) is 14.6 Å². The fourth-order valence-electron chi connectivity index (χ4n) is 1.41. The highest BCUT2D eigenvalue weighted by Crippen LogP contribution is 2.15. The van der Waals surface area contributed by atoms with Gasteiger partial charge >= 0.3 is 0 Å². The molecule has 0 aliphatic heterocycles. The van der Waals surface area contributed by atoms with Crippen LogP contribution in [0.1, 0.15) is 31.3 Å². The molecule has 2 heterocycles. The molecular weight excluding hydrogens is 268 g/mol. The highest BCUT2D eigenvalue weighted by Gasteiger charge is 2.06. The van der Waals surface area contributed by atoms with Crippen LogP contribution in [0.5, 0.6) is 0 Å². The minimum absolute atomic E-state index is 0.424. The molecule has 0 fully saturated rings. The summed E-state index contributed by atoms with van der Waals surface area (Å²) in [5.74, 6) is 1.94. The summed E-state index contributed by atoms with van der Waals surface area (Å²) < 4.78 is 2.55. The number of nitrogens with zero attached hydrogens (tertiary/aromatic N) is 4. The van der Waals surface area contributed by atoms with Crippen LogP contribution in [0.4, 0.5) is 0 Å². The second-order valence-electron chi connectivity index (χ2n) is 3.94. The molecule has 0 unspecified atom stereocenters. The predicted molar refractivity (Wildman–Crippen MR) is 65.7 cm³/mol. The minimum Gasteiger partial charge on any atom is -0.226 e. The lowest BCUT2D eigenvalue weighted by Crippen LogP contribution is -2.02. The Labute approximate surface area is 103 Å². The highest BCUT2D eigenvalue weighted by atomic mass is 79.9. The highest BCUT2D eigenvalue weighted by molar-refractivity contribution is 9.10. The van der Waals surface area contributed by atoms with Crippen LogP contribution in [0.3, 0.4) is 0 Å². The summed E-state index contributed by atoms with van der Waals surface area (Å²) in [5, 5.41) is 4.47. The number of aryl methyl sites for hydroxylation is 1. The minimum atomic E-state index is 0.424. The molecule has 0 amide bonds. The van der Waals surface area contributed by atoms with E-state index in [1.165, 1.54) is 0 Å². The van der Waals surface area contributed by atoms with Gasteiger partial charge in [-0.15, -0.1) is 0 Å². The summed E-state index contributed by atoms with van der Waals surface area (Å²) in [7, 11) is 0. The van der Waals surface area contributed by atoms with Gasteiger partial charge in [0.05, 0.1) is 5.69 Å². The maximum Gasteiger partial charge on any atom is 0.158 e. The van der Waals surface area contributed by atoms with E-state index >= 15 is 0 Å². The fraction of sp³-hybridized carbons (Fsp3) is 0.364. The van der Waals surface area contributed by atoms with Crippen molar-refractivity contribution in [2.45, 2.75) is 26.7 Å². The molecule has 0 saturated carbocycles. The van der Waals surface area contributed by atoms with Crippen LogP contribution in [0.2, 0.25) is 0 Å². The summed E-state index contributed by atoms with van der Waals surface area (Å²) in [6.07, 6.45) is 1.92. The van der Waals surface area contributed by atoms with Crippen LogP contribution in [0, 0.1) is 6.92 Å². The van der Waals surface area contributed by atoms with E-state index < -0.39 is 0 Å². The summed E-state index contributed by atoms with van der Waals surface area (Å²) in [5.41, 5.74) is 1.06. The van der Waals surface area contributed by atoms with E-state index in [1.807, 2.05) is 25.3 Å². The van der Waals surface area contributed by atoms with Crippen LogP contribution in [-0.4, -0.2) is 19.7 Å². The molecule has 2 aromatic heterocycles. The van der Waals surface area contributed by atoms with Gasteiger partial charge in [-0.3, -0.25) is 0 Å². The third-order valence-electron chi connectivity index (χ3n) is 2.23. The zero-order chi connectivity index (χ0) is 11.7. The molecule has 0 radical (unpaired) electrons. The molecule has 0 atom stereocenters. The van der Waals surface area contributed by atoms with E-state index in [0.29, 0.717) is 5.92 Å². The van der Waals surface area contributed by atoms with Crippen LogP contribution in [0.25, 0.3) is 5.82 Å². The van der Waals surface area contributed by atoms with Crippen molar-refractivity contribution in [1.82, 2.24) is 19.7 Å². The van der Waals surface area contributed by atoms with E-state index in [4.69, 9.17) is 0 Å². The SMILES string of the molecule is Cc1nc(Br)cc(-n2ccc(C(C)C)n2)n1. The Morgan fingerprint density at radius 1 is 1.31 bits per heavy atom. The fourth-order valence-corrected chi connectivity index (χ4v) is 1.87. The molecule has 0 spiro atoms. The maximum absolute atomic E-state index is 4.47. The van der Waals surface area contributed by atoms with Gasteiger partial charge in [0.1, 0.15) is 10.4 Å². The first kappa shape index (κ1) is 11.3. The Morgan fingerprint density at radius 2 is 2.06 bits per heavy atom. The zero-order valence-corrected chi connectivity index (χ0v) is 11.1. The van der Waals surface area contributed by atoms with Crippen molar-refractivity contribution in [3.63, 3.8) is 0 Å². The van der Waals surface area contributed by atoms with Gasteiger partial charge in [-0.2, -0.15) is 5.10 Å². The van der Waals surface area contributed by atoms with Crippen LogP contribution in [0.15, 0.2) is 22.9 Å². The van der Waals surface area contributed by atoms with E-state index in [0.717, 1.165) is 21.9 Å². The number of halogens is 1. The molecule has 5 heteroatoms. The van der Waals surface area contributed by atoms with Crippen molar-refractivity contribution in [1.29, 1.82) is 0 Å². The van der Waals surface area contributed by atoms with Gasteiger partial charge in [0.25, 0.3) is 0 Å². The van der Waals surface area contributed by atoms with Gasteiger partial charge in [0, 0.05) is 12.3 Å². The van der Waals surface area contributed by atoms with Crippen LogP contribution in [-0.2, 0) is 0 Å². The van der Waals surface area contributed by atoms with E-state index in [-0.39, 0.29) is 0 Å². The Bertz CT molecular complexity index is 484. The lowest BCUT2D eigenvalue weighted by molar-refractivity contribution is 0.751. The molecule has 16 heavy (non-hydrogen) atoms. The molecule has 2 rings (SSSR count). The first-order valence-electron chi connectivity index (χ1n) is 5.13. The predicted octanol–water partition coefficient (Wildman–Crippen LogP) is 2.86. The molecule has 0 aliphatic rings. The van der Waals surface area contributed by atoms with Crippen molar-refractivity contribution in [2.75, 3.05) is 0 Å². The van der Waals surface area contributed by atoms with Crippen molar-refractivity contribution in [3.8, 4) is 5.82 Å². The van der Waals surface area contributed by atoms with E-state index in [9.17, 15) is 0 Å². The number of aromatic nitrogens is 4. The van der Waals surface area contributed by atoms with E-state index in [1.54, 1.807) is 4.68 Å². The Morgan fingerprint density at radius 3 is 2.62 bits per heavy atom. The van der Waals surface area contributed by atoms with Crippen LogP contribution < -0.4 is 0 Å². The first-order valence-corrected chi connectivity index (χ1v) is 5.92. The smallest absolute Gasteiger partial charge is 0.158 e. The third kappa shape index (κ3) is 2.29. The van der Waals surface area contributed by atoms with Crippen molar-refractivity contribution in [3.05, 3.63) is 34.5 Å². The van der Waals surface area contributed by atoms with Crippen molar-refractivity contribution < 1.29 is 0 Å². The van der Waals surface area contributed by atoms with Gasteiger partial charge < -0.3 is 0 Å². The number of hydrogen-bond acceptors (Lipinski definition) is 3. The molecule has 0 aliphatic carbocycles. The largest absolute Gasteiger partial charge is 0.226 e. The molecule has 84 valence electrons. The lowest BCUT2D eigenvalue weighted by atomic mass is 10.1. The topological polar surface area (TPSA) is 43.6 Å². The average Bonchev–Trinajstić information content (AvgIpc) is 2.64. The van der Waals surface area contributed by atoms with Gasteiger partial charge in [0.15, 0.2) is 5.82 Å². The monoisotopic (exact) mass is 280 g/mol. The third-order valence-corrected chi connectivity index (χ3v) is 2.64. The summed E-state index contributed by atoms with van der Waals surface area (Å²) in [6.45, 7) is 6.10. The first-order chi connectivity index (χ1) is 7.56. The lowest BCUT2D eigenvalue weighted by Gasteiger charge is -2.03. The van der Waals surface area contributed by atoms with Gasteiger partial charge in [-0.05, 0) is 34.8 Å². The van der Waals surface area contributed by atoms with Crippen molar-refractivity contribution >= 4 is 15.9 Å². The molecule has 0 N–H and O–H groups in total. The van der Waals surface area contributed by atoms with Gasteiger partial charge in [0.2, 0.25) is 0 Å². The Hall–Kier alpha value is -1.23. The standard InChI is InChI=1S/C11H13BrN4/c1-7(2)9-4-5-16(15-9)11-6-10(12)13-8(3)14-11/h4-7H,1-3H3. The molecule has 0 aromatic carbocycles. The second kappa shape index (κ2) is 4.33. The number of rotatable bonds is 2. The average molecular weight is 281 g/mol. The van der Waals surface area contributed by atoms with E-state index in [2.05, 4.69) is 44.8 Å². The Kier molecular flexibility index (Phi) is 3.05. The summed E-state index contributed by atoms with van der Waals surface area (Å²) in [6, 6.07) is 3.86. The Balaban J connectivity index is 2.42. The quantitative estimate of drug-likeness (QED) is 0.795. The number of hydrogen-bond donors (Lipinski definition) is 0. The summed E-state index contributed by atoms with van der Waals surface area (Å²) in [4.78, 5) is 8.50. The van der Waals surface area contributed by atoms with Crippen molar-refractivity contribution in [2.24, 2.45) is 0 Å². The summed E-state index contributed by atoms with van der Waals surface area (Å²) >= 11 is 3.35. The normalized spacial score (nSPS) is 11.1. The molecule has 0 bridgehead atoms. The molecule has 2 aromatic rings. The molecule has 4 nitrogen and oxygen atoms in total. The van der Waals surface area contributed by atoms with Gasteiger partial charge in [-0.1, -0.05) is 13.8 Å². The molecular formula is C11H13BrN4.